The van der Waals surface area contributed by atoms with Crippen molar-refractivity contribution >= 4 is 11.3 Å². The fourth-order valence-electron chi connectivity index (χ4n) is 2.25. The molecule has 0 aliphatic carbocycles. The van der Waals surface area contributed by atoms with E-state index in [1.165, 1.54) is 29.7 Å². The Labute approximate surface area is 111 Å². The Morgan fingerprint density at radius 1 is 1.18 bits per heavy atom. The summed E-state index contributed by atoms with van der Waals surface area (Å²) >= 11 is 1.87. The highest BCUT2D eigenvalue weighted by Crippen LogP contribution is 2.24. The summed E-state index contributed by atoms with van der Waals surface area (Å²) in [7, 11) is 0. The summed E-state index contributed by atoms with van der Waals surface area (Å²) in [5.74, 6) is 0.833. The zero-order valence-corrected chi connectivity index (χ0v) is 12.7. The second-order valence-corrected chi connectivity index (χ2v) is 6.53. The summed E-state index contributed by atoms with van der Waals surface area (Å²) in [6.45, 7) is 11.4. The molecule has 0 aromatic carbocycles. The van der Waals surface area contributed by atoms with Gasteiger partial charge < -0.3 is 5.32 Å². The van der Waals surface area contributed by atoms with Crippen molar-refractivity contribution in [2.24, 2.45) is 5.92 Å². The molecule has 0 bridgehead atoms. The first-order chi connectivity index (χ1) is 8.00. The van der Waals surface area contributed by atoms with Gasteiger partial charge in [-0.1, -0.05) is 26.7 Å². The highest BCUT2D eigenvalue weighted by Gasteiger charge is 2.12. The van der Waals surface area contributed by atoms with Crippen LogP contribution in [0, 0.1) is 12.8 Å². The zero-order chi connectivity index (χ0) is 12.8. The summed E-state index contributed by atoms with van der Waals surface area (Å²) < 4.78 is 0. The lowest BCUT2D eigenvalue weighted by molar-refractivity contribution is 0.426. The topological polar surface area (TPSA) is 12.0 Å². The molecule has 1 nitrogen and oxygen atoms in total. The maximum atomic E-state index is 3.71. The average Bonchev–Trinajstić information content (AvgIpc) is 2.63. The van der Waals surface area contributed by atoms with Gasteiger partial charge in [-0.3, -0.25) is 0 Å². The molecule has 2 unspecified atom stereocenters. The summed E-state index contributed by atoms with van der Waals surface area (Å²) in [6.07, 6.45) is 3.97. The molecule has 0 saturated heterocycles. The minimum absolute atomic E-state index is 0.490. The van der Waals surface area contributed by atoms with E-state index in [2.05, 4.69) is 51.4 Å². The standard InChI is InChI=1S/C15H27NS/c1-11(2)7-6-8-13(4)16-14(5)15-12(3)9-10-17-15/h9-11,13-14,16H,6-8H2,1-5H3. The van der Waals surface area contributed by atoms with Gasteiger partial charge in [-0.25, -0.2) is 0 Å². The van der Waals surface area contributed by atoms with Crippen molar-refractivity contribution in [1.29, 1.82) is 0 Å². The first kappa shape index (κ1) is 14.7. The molecule has 1 heterocycles. The highest BCUT2D eigenvalue weighted by atomic mass is 32.1. The van der Waals surface area contributed by atoms with Crippen molar-refractivity contribution in [3.63, 3.8) is 0 Å². The Hall–Kier alpha value is -0.340. The monoisotopic (exact) mass is 253 g/mol. The van der Waals surface area contributed by atoms with E-state index in [1.807, 2.05) is 11.3 Å². The Kier molecular flexibility index (Phi) is 6.21. The van der Waals surface area contributed by atoms with Crippen LogP contribution in [0.4, 0.5) is 0 Å². The lowest BCUT2D eigenvalue weighted by Gasteiger charge is -2.20. The average molecular weight is 253 g/mol. The van der Waals surface area contributed by atoms with Crippen molar-refractivity contribution < 1.29 is 0 Å². The van der Waals surface area contributed by atoms with E-state index in [4.69, 9.17) is 0 Å². The Balaban J connectivity index is 2.31. The third kappa shape index (κ3) is 5.22. The van der Waals surface area contributed by atoms with Gasteiger partial charge in [0.2, 0.25) is 0 Å². The van der Waals surface area contributed by atoms with Gasteiger partial charge in [0.25, 0.3) is 0 Å². The fraction of sp³-hybridized carbons (Fsp3) is 0.733. The molecule has 1 N–H and O–H groups in total. The zero-order valence-electron chi connectivity index (χ0n) is 11.9. The summed E-state index contributed by atoms with van der Waals surface area (Å²) in [5.41, 5.74) is 1.42. The van der Waals surface area contributed by atoms with Gasteiger partial charge in [-0.15, -0.1) is 11.3 Å². The molecule has 0 fully saturated rings. The molecule has 2 atom stereocenters. The van der Waals surface area contributed by atoms with Crippen LogP contribution in [-0.4, -0.2) is 6.04 Å². The first-order valence-electron chi connectivity index (χ1n) is 6.80. The predicted molar refractivity (Wildman–Crippen MR) is 78.8 cm³/mol. The molecule has 0 aliphatic rings. The number of nitrogens with one attached hydrogen (secondary N) is 1. The first-order valence-corrected chi connectivity index (χ1v) is 7.68. The van der Waals surface area contributed by atoms with E-state index < -0.39 is 0 Å². The molecule has 0 aliphatic heterocycles. The van der Waals surface area contributed by atoms with E-state index in [9.17, 15) is 0 Å². The minimum atomic E-state index is 0.490. The molecular formula is C15H27NS. The molecule has 2 heteroatoms. The van der Waals surface area contributed by atoms with Gasteiger partial charge in [0.15, 0.2) is 0 Å². The number of hydrogen-bond acceptors (Lipinski definition) is 2. The largest absolute Gasteiger partial charge is 0.307 e. The fourth-order valence-corrected chi connectivity index (χ4v) is 3.19. The quantitative estimate of drug-likeness (QED) is 0.727. The van der Waals surface area contributed by atoms with Crippen LogP contribution >= 0.6 is 11.3 Å². The van der Waals surface area contributed by atoms with E-state index in [0.717, 1.165) is 5.92 Å². The molecule has 0 spiro atoms. The third-order valence-electron chi connectivity index (χ3n) is 3.25. The van der Waals surface area contributed by atoms with E-state index >= 15 is 0 Å². The summed E-state index contributed by atoms with van der Waals surface area (Å²) in [6, 6.07) is 3.32. The molecular weight excluding hydrogens is 226 g/mol. The molecule has 0 amide bonds. The second kappa shape index (κ2) is 7.17. The van der Waals surface area contributed by atoms with Crippen LogP contribution in [-0.2, 0) is 0 Å². The molecule has 1 aromatic heterocycles. The third-order valence-corrected chi connectivity index (χ3v) is 4.45. The van der Waals surface area contributed by atoms with E-state index in [0.29, 0.717) is 12.1 Å². The van der Waals surface area contributed by atoms with Crippen LogP contribution < -0.4 is 5.32 Å². The number of aryl methyl sites for hydroxylation is 1. The van der Waals surface area contributed by atoms with Crippen LogP contribution in [0.15, 0.2) is 11.4 Å². The minimum Gasteiger partial charge on any atom is -0.307 e. The lowest BCUT2D eigenvalue weighted by atomic mass is 10.0. The molecule has 1 rings (SSSR count). The molecule has 1 aromatic rings. The van der Waals surface area contributed by atoms with Gasteiger partial charge in [-0.05, 0) is 50.1 Å². The number of rotatable bonds is 7. The van der Waals surface area contributed by atoms with Gasteiger partial charge in [0.05, 0.1) is 0 Å². The van der Waals surface area contributed by atoms with Gasteiger partial charge >= 0.3 is 0 Å². The highest BCUT2D eigenvalue weighted by molar-refractivity contribution is 7.10. The Morgan fingerprint density at radius 2 is 1.88 bits per heavy atom. The number of hydrogen-bond donors (Lipinski definition) is 1. The molecule has 0 saturated carbocycles. The summed E-state index contributed by atoms with van der Waals surface area (Å²) in [5, 5.41) is 5.89. The maximum absolute atomic E-state index is 3.71. The Morgan fingerprint density at radius 3 is 2.41 bits per heavy atom. The summed E-state index contributed by atoms with van der Waals surface area (Å²) in [4.78, 5) is 1.49. The predicted octanol–water partition coefficient (Wildman–Crippen LogP) is 4.92. The van der Waals surface area contributed by atoms with Crippen LogP contribution in [0.2, 0.25) is 0 Å². The second-order valence-electron chi connectivity index (χ2n) is 5.58. The van der Waals surface area contributed by atoms with Crippen LogP contribution in [0.25, 0.3) is 0 Å². The number of thiophene rings is 1. The van der Waals surface area contributed by atoms with Crippen molar-refractivity contribution in [1.82, 2.24) is 5.32 Å². The van der Waals surface area contributed by atoms with Crippen molar-refractivity contribution in [2.45, 2.75) is 66.0 Å². The molecule has 0 radical (unpaired) electrons. The maximum Gasteiger partial charge on any atom is 0.0390 e. The smallest absolute Gasteiger partial charge is 0.0390 e. The normalized spacial score (nSPS) is 15.2. The molecule has 98 valence electrons. The van der Waals surface area contributed by atoms with Gasteiger partial charge in [0, 0.05) is 17.0 Å². The van der Waals surface area contributed by atoms with Gasteiger partial charge in [-0.2, -0.15) is 0 Å². The van der Waals surface area contributed by atoms with Crippen molar-refractivity contribution in [3.05, 3.63) is 21.9 Å². The van der Waals surface area contributed by atoms with Gasteiger partial charge in [0.1, 0.15) is 0 Å². The Bertz CT molecular complexity index is 316. The van der Waals surface area contributed by atoms with E-state index in [-0.39, 0.29) is 0 Å². The van der Waals surface area contributed by atoms with E-state index in [1.54, 1.807) is 0 Å². The van der Waals surface area contributed by atoms with Crippen LogP contribution in [0.1, 0.15) is 63.4 Å². The SMILES string of the molecule is Cc1ccsc1C(C)NC(C)CCCC(C)C. The van der Waals surface area contributed by atoms with Crippen LogP contribution in [0.3, 0.4) is 0 Å². The van der Waals surface area contributed by atoms with Crippen molar-refractivity contribution in [3.8, 4) is 0 Å². The van der Waals surface area contributed by atoms with Crippen molar-refractivity contribution in [2.75, 3.05) is 0 Å². The van der Waals surface area contributed by atoms with Crippen LogP contribution in [0.5, 0.6) is 0 Å². The molecule has 17 heavy (non-hydrogen) atoms. The lowest BCUT2D eigenvalue weighted by Crippen LogP contribution is -2.28.